The van der Waals surface area contributed by atoms with Gasteiger partial charge in [-0.3, -0.25) is 10.1 Å². The van der Waals surface area contributed by atoms with E-state index in [1.54, 1.807) is 13.8 Å². The first-order chi connectivity index (χ1) is 14.4. The summed E-state index contributed by atoms with van der Waals surface area (Å²) in [4.78, 5) is 10.4. The van der Waals surface area contributed by atoms with Crippen LogP contribution in [0.2, 0.25) is 0 Å². The molecule has 0 saturated carbocycles. The van der Waals surface area contributed by atoms with E-state index in [9.17, 15) is 26.9 Å². The van der Waals surface area contributed by atoms with Crippen LogP contribution in [0.1, 0.15) is 22.3 Å². The lowest BCUT2D eigenvalue weighted by molar-refractivity contribution is -0.384. The summed E-state index contributed by atoms with van der Waals surface area (Å²) in [5.74, 6) is 0. The Morgan fingerprint density at radius 2 is 1.19 bits per heavy atom. The fourth-order valence-corrected chi connectivity index (χ4v) is 7.16. The van der Waals surface area contributed by atoms with Crippen molar-refractivity contribution in [3.05, 3.63) is 62.7 Å². The van der Waals surface area contributed by atoms with Crippen LogP contribution in [0, 0.1) is 37.8 Å². The molecule has 0 spiro atoms. The third-order valence-corrected chi connectivity index (χ3v) is 9.86. The zero-order valence-electron chi connectivity index (χ0n) is 17.8. The van der Waals surface area contributed by atoms with E-state index in [0.29, 0.717) is 11.1 Å². The molecule has 1 saturated heterocycles. The van der Waals surface area contributed by atoms with Crippen LogP contribution < -0.4 is 0 Å². The molecular weight excluding hydrogens is 442 g/mol. The predicted octanol–water partition coefficient (Wildman–Crippen LogP) is 2.52. The van der Waals surface area contributed by atoms with Crippen LogP contribution in [-0.2, 0) is 20.0 Å². The topological polar surface area (TPSA) is 118 Å². The van der Waals surface area contributed by atoms with Gasteiger partial charge in [-0.05, 0) is 62.1 Å². The maximum atomic E-state index is 13.4. The third-order valence-electron chi connectivity index (χ3n) is 5.78. The molecule has 168 valence electrons. The number of nitrogens with zero attached hydrogens (tertiary/aromatic N) is 3. The average molecular weight is 468 g/mol. The zero-order valence-corrected chi connectivity index (χ0v) is 19.5. The summed E-state index contributed by atoms with van der Waals surface area (Å²) in [5, 5.41) is 10.8. The Labute approximate surface area is 182 Å². The molecule has 1 aliphatic rings. The first-order valence-electron chi connectivity index (χ1n) is 9.69. The van der Waals surface area contributed by atoms with E-state index in [4.69, 9.17) is 0 Å². The Balaban J connectivity index is 1.83. The molecule has 1 aliphatic heterocycles. The Kier molecular flexibility index (Phi) is 6.25. The minimum Gasteiger partial charge on any atom is -0.258 e. The molecule has 11 heteroatoms. The van der Waals surface area contributed by atoms with Crippen molar-refractivity contribution >= 4 is 25.7 Å². The molecule has 0 aromatic heterocycles. The van der Waals surface area contributed by atoms with Crippen LogP contribution in [0.3, 0.4) is 0 Å². The van der Waals surface area contributed by atoms with Crippen molar-refractivity contribution in [3.63, 3.8) is 0 Å². The number of aryl methyl sites for hydroxylation is 2. The van der Waals surface area contributed by atoms with Gasteiger partial charge in [0.15, 0.2) is 0 Å². The van der Waals surface area contributed by atoms with Crippen LogP contribution >= 0.6 is 0 Å². The van der Waals surface area contributed by atoms with Crippen LogP contribution in [0.25, 0.3) is 0 Å². The number of rotatable bonds is 5. The Hall–Kier alpha value is -2.34. The number of sulfonamides is 2. The maximum Gasteiger partial charge on any atom is 0.269 e. The van der Waals surface area contributed by atoms with Crippen molar-refractivity contribution in [1.82, 2.24) is 8.61 Å². The molecule has 0 bridgehead atoms. The fourth-order valence-electron chi connectivity index (χ4n) is 3.74. The van der Waals surface area contributed by atoms with Gasteiger partial charge >= 0.3 is 0 Å². The molecule has 3 rings (SSSR count). The minimum absolute atomic E-state index is 0.00143. The molecule has 0 aliphatic carbocycles. The number of nitro benzene ring substituents is 1. The Bertz CT molecular complexity index is 1200. The van der Waals surface area contributed by atoms with Crippen molar-refractivity contribution in [2.45, 2.75) is 37.5 Å². The molecular formula is C20H25N3O6S2. The SMILES string of the molecule is Cc1cc(C)c(C)c(S(=O)(=O)N2CCN(S(=O)(=O)c3ccc([N+](=O)[O-])cc3)CC2)c1C. The zero-order chi connectivity index (χ0) is 23.1. The molecule has 31 heavy (non-hydrogen) atoms. The molecule has 9 nitrogen and oxygen atoms in total. The van der Waals surface area contributed by atoms with Gasteiger partial charge in [0, 0.05) is 38.3 Å². The Morgan fingerprint density at radius 1 is 0.774 bits per heavy atom. The van der Waals surface area contributed by atoms with E-state index in [2.05, 4.69) is 0 Å². The number of nitro groups is 1. The normalized spacial score (nSPS) is 16.4. The van der Waals surface area contributed by atoms with Crippen molar-refractivity contribution < 1.29 is 21.8 Å². The van der Waals surface area contributed by atoms with Crippen LogP contribution in [0.4, 0.5) is 5.69 Å². The van der Waals surface area contributed by atoms with Crippen LogP contribution in [-0.4, -0.2) is 56.5 Å². The second-order valence-electron chi connectivity index (χ2n) is 7.65. The van der Waals surface area contributed by atoms with Crippen molar-refractivity contribution in [2.75, 3.05) is 26.2 Å². The molecule has 0 radical (unpaired) electrons. The van der Waals surface area contributed by atoms with E-state index in [1.165, 1.54) is 20.7 Å². The molecule has 0 N–H and O–H groups in total. The van der Waals surface area contributed by atoms with Gasteiger partial charge in [-0.15, -0.1) is 0 Å². The molecule has 0 amide bonds. The predicted molar refractivity (Wildman–Crippen MR) is 116 cm³/mol. The molecule has 0 unspecified atom stereocenters. The highest BCUT2D eigenvalue weighted by Gasteiger charge is 2.35. The molecule has 1 fully saturated rings. The monoisotopic (exact) mass is 467 g/mol. The van der Waals surface area contributed by atoms with Gasteiger partial charge in [0.1, 0.15) is 0 Å². The maximum absolute atomic E-state index is 13.4. The van der Waals surface area contributed by atoms with Gasteiger partial charge in [-0.1, -0.05) is 6.07 Å². The summed E-state index contributed by atoms with van der Waals surface area (Å²) < 4.78 is 55.0. The number of piperazine rings is 1. The van der Waals surface area contributed by atoms with Gasteiger partial charge < -0.3 is 0 Å². The van der Waals surface area contributed by atoms with E-state index in [-0.39, 0.29) is 41.7 Å². The van der Waals surface area contributed by atoms with Crippen molar-refractivity contribution in [3.8, 4) is 0 Å². The first-order valence-corrected chi connectivity index (χ1v) is 12.6. The summed E-state index contributed by atoms with van der Waals surface area (Å²) in [5.41, 5.74) is 2.98. The van der Waals surface area contributed by atoms with Crippen LogP contribution in [0.15, 0.2) is 40.1 Å². The van der Waals surface area contributed by atoms with E-state index < -0.39 is 25.0 Å². The third kappa shape index (κ3) is 4.22. The smallest absolute Gasteiger partial charge is 0.258 e. The second kappa shape index (κ2) is 8.30. The standard InChI is InChI=1S/C20H25N3O6S2/c1-14-13-15(2)17(4)20(16(14)3)31(28,29)22-11-9-21(10-12-22)30(26,27)19-7-5-18(6-8-19)23(24)25/h5-8,13H,9-12H2,1-4H3. The quantitative estimate of drug-likeness (QED) is 0.493. The summed E-state index contributed by atoms with van der Waals surface area (Å²) in [6.45, 7) is 7.36. The number of hydrogen-bond acceptors (Lipinski definition) is 6. The van der Waals surface area contributed by atoms with E-state index >= 15 is 0 Å². The van der Waals surface area contributed by atoms with Gasteiger partial charge in [0.25, 0.3) is 5.69 Å². The first kappa shape index (κ1) is 23.3. The highest BCUT2D eigenvalue weighted by Crippen LogP contribution is 2.30. The van der Waals surface area contributed by atoms with E-state index in [0.717, 1.165) is 23.3 Å². The lowest BCUT2D eigenvalue weighted by Gasteiger charge is -2.34. The lowest BCUT2D eigenvalue weighted by atomic mass is 10.0. The van der Waals surface area contributed by atoms with Crippen molar-refractivity contribution in [1.29, 1.82) is 0 Å². The number of hydrogen-bond donors (Lipinski definition) is 0. The Morgan fingerprint density at radius 3 is 1.61 bits per heavy atom. The van der Waals surface area contributed by atoms with Crippen molar-refractivity contribution in [2.24, 2.45) is 0 Å². The van der Waals surface area contributed by atoms with Gasteiger partial charge in [0.2, 0.25) is 20.0 Å². The second-order valence-corrected chi connectivity index (χ2v) is 11.5. The summed E-state index contributed by atoms with van der Waals surface area (Å²) >= 11 is 0. The van der Waals surface area contributed by atoms with Crippen LogP contribution in [0.5, 0.6) is 0 Å². The molecule has 2 aromatic rings. The summed E-state index contributed by atoms with van der Waals surface area (Å²) in [6, 6.07) is 6.62. The minimum atomic E-state index is -3.88. The van der Waals surface area contributed by atoms with Gasteiger partial charge in [-0.2, -0.15) is 8.61 Å². The van der Waals surface area contributed by atoms with Gasteiger partial charge in [0.05, 0.1) is 14.7 Å². The van der Waals surface area contributed by atoms with Gasteiger partial charge in [-0.25, -0.2) is 16.8 Å². The lowest BCUT2D eigenvalue weighted by Crippen LogP contribution is -2.50. The molecule has 2 aromatic carbocycles. The summed E-state index contributed by atoms with van der Waals surface area (Å²) in [6.07, 6.45) is 0. The summed E-state index contributed by atoms with van der Waals surface area (Å²) in [7, 11) is -7.66. The number of non-ortho nitro benzene ring substituents is 1. The largest absolute Gasteiger partial charge is 0.269 e. The average Bonchev–Trinajstić information content (AvgIpc) is 2.72. The fraction of sp³-hybridized carbons (Fsp3) is 0.400. The molecule has 1 heterocycles. The molecule has 0 atom stereocenters. The highest BCUT2D eigenvalue weighted by molar-refractivity contribution is 7.89. The number of benzene rings is 2. The van der Waals surface area contributed by atoms with E-state index in [1.807, 2.05) is 19.9 Å². The highest BCUT2D eigenvalue weighted by atomic mass is 32.2.